The molecule has 1 aliphatic heterocycles. The van der Waals surface area contributed by atoms with Gasteiger partial charge in [-0.25, -0.2) is 0 Å². The molecule has 0 radical (unpaired) electrons. The summed E-state index contributed by atoms with van der Waals surface area (Å²) in [6, 6.07) is 7.85. The minimum atomic E-state index is -3.50. The molecule has 1 heterocycles. The number of benzene rings is 1. The van der Waals surface area contributed by atoms with Crippen LogP contribution in [-0.4, -0.2) is 48.9 Å². The Bertz CT molecular complexity index is 741. The summed E-state index contributed by atoms with van der Waals surface area (Å²) in [5.74, 6) is 0.201. The first-order chi connectivity index (χ1) is 14.8. The van der Waals surface area contributed by atoms with Crippen molar-refractivity contribution in [2.45, 2.75) is 85.8 Å². The van der Waals surface area contributed by atoms with Crippen molar-refractivity contribution in [1.29, 1.82) is 0 Å². The van der Waals surface area contributed by atoms with Gasteiger partial charge < -0.3 is 18.5 Å². The van der Waals surface area contributed by atoms with Gasteiger partial charge in [-0.05, 0) is 64.7 Å². The molecule has 1 saturated heterocycles. The largest absolute Gasteiger partial charge is 0.491 e. The zero-order chi connectivity index (χ0) is 24.2. The minimum Gasteiger partial charge on any atom is -0.491 e. The summed E-state index contributed by atoms with van der Waals surface area (Å²) in [7, 11) is -3.50. The summed E-state index contributed by atoms with van der Waals surface area (Å²) in [6.45, 7) is 19.8. The molecule has 1 aliphatic rings. The van der Waals surface area contributed by atoms with Crippen molar-refractivity contribution in [3.63, 3.8) is 0 Å². The van der Waals surface area contributed by atoms with Gasteiger partial charge in [0.25, 0.3) is 0 Å². The molecule has 0 saturated carbocycles. The molecule has 32 heavy (non-hydrogen) atoms. The third kappa shape index (κ3) is 7.54. The maximum Gasteiger partial charge on any atom is 0.350 e. The summed E-state index contributed by atoms with van der Waals surface area (Å²) in [5, 5.41) is 1.82. The molecule has 2 rings (SSSR count). The smallest absolute Gasteiger partial charge is 0.350 e. The quantitative estimate of drug-likeness (QED) is 0.204. The molecule has 0 N–H and O–H groups in total. The van der Waals surface area contributed by atoms with Crippen molar-refractivity contribution in [1.82, 2.24) is 5.06 Å². The standard InChI is InChI=1S/C24H42NO6P/c1-10-29-32(26,30-11-2)22(23(4,5)6)25(24(7,8)9)31-18(3)19-12-14-20(15-13-19)27-16-21-17-28-21/h12-15,18,21-22H,10-11,16-17H2,1-9H3. The number of hydrogen-bond donors (Lipinski definition) is 0. The van der Waals surface area contributed by atoms with E-state index in [9.17, 15) is 4.57 Å². The summed E-state index contributed by atoms with van der Waals surface area (Å²) in [4.78, 5) is 6.52. The van der Waals surface area contributed by atoms with E-state index in [1.807, 2.05) is 91.6 Å². The number of rotatable bonds is 12. The second-order valence-corrected chi connectivity index (χ2v) is 12.3. The third-order valence-electron chi connectivity index (χ3n) is 5.03. The average Bonchev–Trinajstić information content (AvgIpc) is 3.49. The number of ether oxygens (including phenoxy) is 2. The van der Waals surface area contributed by atoms with Gasteiger partial charge in [-0.15, -0.1) is 0 Å². The van der Waals surface area contributed by atoms with E-state index in [4.69, 9.17) is 23.4 Å². The van der Waals surface area contributed by atoms with Crippen molar-refractivity contribution >= 4 is 7.60 Å². The van der Waals surface area contributed by atoms with Crippen LogP contribution in [0.4, 0.5) is 0 Å². The molecule has 0 spiro atoms. The average molecular weight is 472 g/mol. The molecule has 1 aromatic carbocycles. The lowest BCUT2D eigenvalue weighted by Crippen LogP contribution is -2.53. The predicted molar refractivity (Wildman–Crippen MR) is 127 cm³/mol. The fraction of sp³-hybridized carbons (Fsp3) is 0.750. The topological polar surface area (TPSA) is 69.8 Å². The Balaban J connectivity index is 2.28. The summed E-state index contributed by atoms with van der Waals surface area (Å²) >= 11 is 0. The summed E-state index contributed by atoms with van der Waals surface area (Å²) < 4.78 is 36.4. The first kappa shape index (κ1) is 27.3. The van der Waals surface area contributed by atoms with Crippen LogP contribution in [0, 0.1) is 5.41 Å². The molecule has 0 aliphatic carbocycles. The monoisotopic (exact) mass is 471 g/mol. The van der Waals surface area contributed by atoms with E-state index in [1.54, 1.807) is 0 Å². The van der Waals surface area contributed by atoms with Crippen LogP contribution < -0.4 is 4.74 Å². The highest BCUT2D eigenvalue weighted by atomic mass is 31.2. The van der Waals surface area contributed by atoms with Crippen LogP contribution in [0.1, 0.15) is 74.0 Å². The Labute approximate surface area is 194 Å². The highest BCUT2D eigenvalue weighted by Crippen LogP contribution is 2.61. The Hall–Kier alpha value is -0.950. The molecular formula is C24H42NO6P. The summed E-state index contributed by atoms with van der Waals surface area (Å²) in [6.07, 6.45) is -0.0606. The maximum absolute atomic E-state index is 13.9. The number of hydroxylamine groups is 2. The molecule has 1 aromatic rings. The van der Waals surface area contributed by atoms with Crippen molar-refractivity contribution < 1.29 is 27.9 Å². The lowest BCUT2D eigenvalue weighted by molar-refractivity contribution is -0.264. The van der Waals surface area contributed by atoms with Crippen molar-refractivity contribution in [2.24, 2.45) is 5.41 Å². The highest BCUT2D eigenvalue weighted by Gasteiger charge is 2.51. The lowest BCUT2D eigenvalue weighted by atomic mass is 9.94. The van der Waals surface area contributed by atoms with Crippen LogP contribution in [-0.2, 0) is 23.2 Å². The van der Waals surface area contributed by atoms with Gasteiger partial charge in [0.1, 0.15) is 30.3 Å². The van der Waals surface area contributed by atoms with Gasteiger partial charge in [-0.2, -0.15) is 5.06 Å². The molecule has 7 nitrogen and oxygen atoms in total. The van der Waals surface area contributed by atoms with Gasteiger partial charge in [0, 0.05) is 5.54 Å². The predicted octanol–water partition coefficient (Wildman–Crippen LogP) is 6.20. The van der Waals surface area contributed by atoms with Crippen LogP contribution >= 0.6 is 7.60 Å². The van der Waals surface area contributed by atoms with Crippen LogP contribution in [0.2, 0.25) is 0 Å². The van der Waals surface area contributed by atoms with Crippen LogP contribution in [0.5, 0.6) is 5.75 Å². The van der Waals surface area contributed by atoms with Crippen LogP contribution in [0.25, 0.3) is 0 Å². The molecular weight excluding hydrogens is 429 g/mol. The van der Waals surface area contributed by atoms with E-state index in [2.05, 4.69) is 0 Å². The number of nitrogens with zero attached hydrogens (tertiary/aromatic N) is 1. The fourth-order valence-electron chi connectivity index (χ4n) is 3.50. The fourth-order valence-corrected chi connectivity index (χ4v) is 6.18. The Kier molecular flexibility index (Phi) is 9.37. The SMILES string of the molecule is CCOP(=O)(OCC)C(N(OC(C)c1ccc(OCC2CO2)cc1)C(C)(C)C)C(C)(C)C. The molecule has 3 unspecified atom stereocenters. The Morgan fingerprint density at radius 3 is 2.00 bits per heavy atom. The normalized spacial score (nSPS) is 19.1. The van der Waals surface area contributed by atoms with E-state index < -0.39 is 24.3 Å². The zero-order valence-electron chi connectivity index (χ0n) is 21.2. The van der Waals surface area contributed by atoms with Gasteiger partial charge >= 0.3 is 7.60 Å². The molecule has 8 heteroatoms. The van der Waals surface area contributed by atoms with E-state index in [1.165, 1.54) is 0 Å². The second kappa shape index (κ2) is 11.0. The van der Waals surface area contributed by atoms with Crippen molar-refractivity contribution in [3.8, 4) is 5.75 Å². The molecule has 184 valence electrons. The second-order valence-electron chi connectivity index (χ2n) is 10.2. The van der Waals surface area contributed by atoms with E-state index in [-0.39, 0.29) is 12.2 Å². The number of epoxide rings is 1. The third-order valence-corrected chi connectivity index (χ3v) is 7.85. The Morgan fingerprint density at radius 1 is 1.06 bits per heavy atom. The van der Waals surface area contributed by atoms with E-state index in [0.717, 1.165) is 17.9 Å². The van der Waals surface area contributed by atoms with Gasteiger partial charge in [-0.1, -0.05) is 32.9 Å². The first-order valence-corrected chi connectivity index (χ1v) is 13.1. The highest BCUT2D eigenvalue weighted by molar-refractivity contribution is 7.54. The first-order valence-electron chi connectivity index (χ1n) is 11.5. The van der Waals surface area contributed by atoms with Crippen molar-refractivity contribution in [2.75, 3.05) is 26.4 Å². The molecule has 3 atom stereocenters. The van der Waals surface area contributed by atoms with Crippen LogP contribution in [0.3, 0.4) is 0 Å². The van der Waals surface area contributed by atoms with Crippen molar-refractivity contribution in [3.05, 3.63) is 29.8 Å². The maximum atomic E-state index is 13.9. The Morgan fingerprint density at radius 2 is 1.59 bits per heavy atom. The molecule has 0 amide bonds. The van der Waals surface area contributed by atoms with Crippen LogP contribution in [0.15, 0.2) is 24.3 Å². The zero-order valence-corrected chi connectivity index (χ0v) is 22.1. The van der Waals surface area contributed by atoms with Gasteiger partial charge in [0.2, 0.25) is 0 Å². The molecule has 1 fully saturated rings. The van der Waals surface area contributed by atoms with Gasteiger partial charge in [0.15, 0.2) is 0 Å². The van der Waals surface area contributed by atoms with E-state index >= 15 is 0 Å². The minimum absolute atomic E-state index is 0.220. The molecule has 0 bridgehead atoms. The number of hydrogen-bond acceptors (Lipinski definition) is 7. The molecule has 0 aromatic heterocycles. The van der Waals surface area contributed by atoms with Gasteiger partial charge in [0.05, 0.1) is 19.8 Å². The van der Waals surface area contributed by atoms with E-state index in [0.29, 0.717) is 19.8 Å². The summed E-state index contributed by atoms with van der Waals surface area (Å²) in [5.41, 5.74) is 0.100. The lowest BCUT2D eigenvalue weighted by Gasteiger charge is -2.48. The van der Waals surface area contributed by atoms with Gasteiger partial charge in [-0.3, -0.25) is 9.40 Å².